The van der Waals surface area contributed by atoms with Crippen LogP contribution in [0.5, 0.6) is 11.5 Å². The van der Waals surface area contributed by atoms with Crippen LogP contribution >= 0.6 is 0 Å². The van der Waals surface area contributed by atoms with E-state index in [0.717, 1.165) is 29.3 Å². The standard InChI is InChI=1S/C22H24N2O2/c1-16(18-7-5-4-6-8-18)24-15-17-9-10-22(26-3)20(13-17)21-14-19(25-2)11-12-23-21/h4-14,16,24H,15H2,1-3H3. The molecule has 0 bridgehead atoms. The van der Waals surface area contributed by atoms with Crippen LogP contribution in [0.3, 0.4) is 0 Å². The van der Waals surface area contributed by atoms with Crippen molar-refractivity contribution < 1.29 is 9.47 Å². The van der Waals surface area contributed by atoms with Gasteiger partial charge in [0.25, 0.3) is 0 Å². The molecule has 26 heavy (non-hydrogen) atoms. The molecule has 0 aliphatic heterocycles. The number of benzene rings is 2. The van der Waals surface area contributed by atoms with Crippen molar-refractivity contribution in [1.82, 2.24) is 10.3 Å². The predicted octanol–water partition coefficient (Wildman–Crippen LogP) is 4.62. The van der Waals surface area contributed by atoms with Crippen molar-refractivity contribution in [1.29, 1.82) is 0 Å². The van der Waals surface area contributed by atoms with Crippen molar-refractivity contribution in [2.75, 3.05) is 14.2 Å². The second-order valence-electron chi connectivity index (χ2n) is 6.13. The van der Waals surface area contributed by atoms with Gasteiger partial charge in [-0.25, -0.2) is 0 Å². The van der Waals surface area contributed by atoms with Gasteiger partial charge >= 0.3 is 0 Å². The van der Waals surface area contributed by atoms with Gasteiger partial charge in [-0.05, 0) is 36.2 Å². The number of methoxy groups -OCH3 is 2. The lowest BCUT2D eigenvalue weighted by Crippen LogP contribution is -2.18. The van der Waals surface area contributed by atoms with E-state index in [1.165, 1.54) is 11.1 Å². The molecule has 1 heterocycles. The number of ether oxygens (including phenoxy) is 2. The molecule has 1 unspecified atom stereocenters. The van der Waals surface area contributed by atoms with E-state index in [-0.39, 0.29) is 6.04 Å². The highest BCUT2D eigenvalue weighted by Gasteiger charge is 2.11. The Labute approximate surface area is 154 Å². The summed E-state index contributed by atoms with van der Waals surface area (Å²) in [5.41, 5.74) is 4.24. The van der Waals surface area contributed by atoms with E-state index in [1.54, 1.807) is 20.4 Å². The zero-order chi connectivity index (χ0) is 18.4. The molecule has 0 spiro atoms. The number of aromatic nitrogens is 1. The van der Waals surface area contributed by atoms with E-state index in [2.05, 4.69) is 53.6 Å². The molecule has 1 aromatic heterocycles. The molecule has 0 aliphatic carbocycles. The third-order valence-corrected chi connectivity index (χ3v) is 4.42. The Hall–Kier alpha value is -2.85. The van der Waals surface area contributed by atoms with Crippen molar-refractivity contribution in [2.24, 2.45) is 0 Å². The Morgan fingerprint density at radius 2 is 1.77 bits per heavy atom. The van der Waals surface area contributed by atoms with Gasteiger partial charge in [0.2, 0.25) is 0 Å². The number of hydrogen-bond donors (Lipinski definition) is 1. The topological polar surface area (TPSA) is 43.4 Å². The monoisotopic (exact) mass is 348 g/mol. The van der Waals surface area contributed by atoms with Crippen molar-refractivity contribution in [3.05, 3.63) is 78.0 Å². The number of nitrogens with one attached hydrogen (secondary N) is 1. The van der Waals surface area contributed by atoms with Gasteiger partial charge in [0, 0.05) is 30.4 Å². The molecule has 134 valence electrons. The average Bonchev–Trinajstić information content (AvgIpc) is 2.72. The number of rotatable bonds is 7. The van der Waals surface area contributed by atoms with Crippen LogP contribution < -0.4 is 14.8 Å². The van der Waals surface area contributed by atoms with Crippen molar-refractivity contribution in [2.45, 2.75) is 19.5 Å². The molecule has 0 amide bonds. The van der Waals surface area contributed by atoms with Crippen LogP contribution in [-0.2, 0) is 6.54 Å². The van der Waals surface area contributed by atoms with E-state index >= 15 is 0 Å². The van der Waals surface area contributed by atoms with Gasteiger partial charge in [-0.15, -0.1) is 0 Å². The molecule has 2 aromatic carbocycles. The van der Waals surface area contributed by atoms with Gasteiger partial charge in [0.1, 0.15) is 11.5 Å². The maximum atomic E-state index is 5.52. The fourth-order valence-electron chi connectivity index (χ4n) is 2.88. The molecular formula is C22H24N2O2. The average molecular weight is 348 g/mol. The minimum absolute atomic E-state index is 0.275. The van der Waals surface area contributed by atoms with E-state index in [4.69, 9.17) is 9.47 Å². The molecule has 1 atom stereocenters. The highest BCUT2D eigenvalue weighted by atomic mass is 16.5. The fraction of sp³-hybridized carbons (Fsp3) is 0.227. The van der Waals surface area contributed by atoms with E-state index in [0.29, 0.717) is 0 Å². The molecule has 0 fully saturated rings. The Morgan fingerprint density at radius 3 is 2.50 bits per heavy atom. The number of nitrogens with zero attached hydrogens (tertiary/aromatic N) is 1. The molecular weight excluding hydrogens is 324 g/mol. The third kappa shape index (κ3) is 4.21. The highest BCUT2D eigenvalue weighted by Crippen LogP contribution is 2.31. The molecule has 1 N–H and O–H groups in total. The first kappa shape index (κ1) is 18.0. The van der Waals surface area contributed by atoms with Crippen LogP contribution in [0.15, 0.2) is 66.9 Å². The quantitative estimate of drug-likeness (QED) is 0.677. The van der Waals surface area contributed by atoms with Crippen LogP contribution in [0.25, 0.3) is 11.3 Å². The minimum atomic E-state index is 0.275. The van der Waals surface area contributed by atoms with E-state index in [9.17, 15) is 0 Å². The summed E-state index contributed by atoms with van der Waals surface area (Å²) in [6.45, 7) is 2.93. The molecule has 0 saturated carbocycles. The first-order chi connectivity index (χ1) is 12.7. The largest absolute Gasteiger partial charge is 0.497 e. The summed E-state index contributed by atoms with van der Waals surface area (Å²) in [5, 5.41) is 3.57. The van der Waals surface area contributed by atoms with Gasteiger partial charge in [-0.3, -0.25) is 4.98 Å². The lowest BCUT2D eigenvalue weighted by molar-refractivity contribution is 0.413. The first-order valence-corrected chi connectivity index (χ1v) is 8.67. The summed E-state index contributed by atoms with van der Waals surface area (Å²) in [7, 11) is 3.33. The van der Waals surface area contributed by atoms with Gasteiger partial charge in [-0.1, -0.05) is 36.4 Å². The molecule has 0 aliphatic rings. The lowest BCUT2D eigenvalue weighted by Gasteiger charge is -2.16. The zero-order valence-electron chi connectivity index (χ0n) is 15.4. The molecule has 0 radical (unpaired) electrons. The van der Waals surface area contributed by atoms with Crippen molar-refractivity contribution in [3.63, 3.8) is 0 Å². The van der Waals surface area contributed by atoms with Crippen molar-refractivity contribution in [3.8, 4) is 22.8 Å². The third-order valence-electron chi connectivity index (χ3n) is 4.42. The van der Waals surface area contributed by atoms with Gasteiger partial charge < -0.3 is 14.8 Å². The van der Waals surface area contributed by atoms with Gasteiger partial charge in [0.05, 0.1) is 19.9 Å². The SMILES string of the molecule is COc1ccnc(-c2cc(CNC(C)c3ccccc3)ccc2OC)c1. The Bertz CT molecular complexity index is 850. The fourth-order valence-corrected chi connectivity index (χ4v) is 2.88. The molecule has 3 aromatic rings. The summed E-state index contributed by atoms with van der Waals surface area (Å²) in [6, 6.07) is 20.6. The lowest BCUT2D eigenvalue weighted by atomic mass is 10.0. The normalized spacial score (nSPS) is 11.8. The maximum absolute atomic E-state index is 5.52. The number of hydrogen-bond acceptors (Lipinski definition) is 4. The summed E-state index contributed by atoms with van der Waals surface area (Å²) >= 11 is 0. The molecule has 4 nitrogen and oxygen atoms in total. The van der Waals surface area contributed by atoms with Crippen LogP contribution in [0.2, 0.25) is 0 Å². The van der Waals surface area contributed by atoms with E-state index in [1.807, 2.05) is 24.3 Å². The highest BCUT2D eigenvalue weighted by molar-refractivity contribution is 5.69. The maximum Gasteiger partial charge on any atom is 0.128 e. The predicted molar refractivity (Wildman–Crippen MR) is 104 cm³/mol. The summed E-state index contributed by atoms with van der Waals surface area (Å²) in [5.74, 6) is 1.57. The molecule has 4 heteroatoms. The second-order valence-corrected chi connectivity index (χ2v) is 6.13. The summed E-state index contributed by atoms with van der Waals surface area (Å²) in [6.07, 6.45) is 1.75. The van der Waals surface area contributed by atoms with Crippen LogP contribution in [-0.4, -0.2) is 19.2 Å². The van der Waals surface area contributed by atoms with Crippen molar-refractivity contribution >= 4 is 0 Å². The summed E-state index contributed by atoms with van der Waals surface area (Å²) in [4.78, 5) is 4.47. The first-order valence-electron chi connectivity index (χ1n) is 8.67. The Morgan fingerprint density at radius 1 is 0.962 bits per heavy atom. The summed E-state index contributed by atoms with van der Waals surface area (Å²) < 4.78 is 10.8. The van der Waals surface area contributed by atoms with Crippen LogP contribution in [0, 0.1) is 0 Å². The minimum Gasteiger partial charge on any atom is -0.497 e. The van der Waals surface area contributed by atoms with Gasteiger partial charge in [-0.2, -0.15) is 0 Å². The van der Waals surface area contributed by atoms with Crippen LogP contribution in [0.1, 0.15) is 24.1 Å². The zero-order valence-corrected chi connectivity index (χ0v) is 15.4. The van der Waals surface area contributed by atoms with E-state index < -0.39 is 0 Å². The van der Waals surface area contributed by atoms with Gasteiger partial charge in [0.15, 0.2) is 0 Å². The Balaban J connectivity index is 1.81. The molecule has 0 saturated heterocycles. The number of pyridine rings is 1. The van der Waals surface area contributed by atoms with Crippen LogP contribution in [0.4, 0.5) is 0 Å². The molecule has 3 rings (SSSR count). The second kappa shape index (κ2) is 8.50. The smallest absolute Gasteiger partial charge is 0.128 e. The Kier molecular flexibility index (Phi) is 5.87.